The number of halogens is 2. The highest BCUT2D eigenvalue weighted by Gasteiger charge is 2.22. The van der Waals surface area contributed by atoms with Crippen molar-refractivity contribution in [1.82, 2.24) is 9.88 Å². The largest absolute Gasteiger partial charge is 0.329 e. The van der Waals surface area contributed by atoms with Crippen LogP contribution < -0.4 is 5.73 Å². The number of hydrogen-bond acceptors (Lipinski definition) is 4. The van der Waals surface area contributed by atoms with Crippen LogP contribution in [0.3, 0.4) is 0 Å². The Morgan fingerprint density at radius 3 is 2.80 bits per heavy atom. The number of aromatic nitrogens is 1. The van der Waals surface area contributed by atoms with Gasteiger partial charge in [0.05, 0.1) is 16.8 Å². The van der Waals surface area contributed by atoms with E-state index >= 15 is 0 Å². The van der Waals surface area contributed by atoms with Gasteiger partial charge in [0, 0.05) is 12.6 Å². The van der Waals surface area contributed by atoms with Crippen molar-refractivity contribution in [2.45, 2.75) is 31.8 Å². The molecule has 3 rings (SSSR count). The third-order valence-corrected chi connectivity index (χ3v) is 4.72. The Hall–Kier alpha value is -0.390. The number of nitrogens with zero attached hydrogens (tertiary/aromatic N) is 2. The van der Waals surface area contributed by atoms with Crippen molar-refractivity contribution in [3.8, 4) is 0 Å². The van der Waals surface area contributed by atoms with Crippen molar-refractivity contribution >= 4 is 46.4 Å². The number of para-hydroxylation sites is 1. The molecule has 1 aromatic carbocycles. The molecule has 1 aliphatic heterocycles. The Balaban J connectivity index is 0.000001000. The van der Waals surface area contributed by atoms with E-state index in [0.717, 1.165) is 25.2 Å². The van der Waals surface area contributed by atoms with Gasteiger partial charge in [0.1, 0.15) is 5.01 Å². The normalized spacial score (nSPS) is 19.4. The summed E-state index contributed by atoms with van der Waals surface area (Å²) in [7, 11) is 0. The lowest BCUT2D eigenvalue weighted by atomic mass is 10.0. The molecule has 0 amide bonds. The van der Waals surface area contributed by atoms with E-state index in [-0.39, 0.29) is 24.8 Å². The fraction of sp³-hybridized carbons (Fsp3) is 0.500. The Labute approximate surface area is 136 Å². The number of piperidine rings is 1. The molecule has 6 heteroatoms. The van der Waals surface area contributed by atoms with Gasteiger partial charge in [0.2, 0.25) is 0 Å². The molecule has 1 aromatic heterocycles. The molecule has 0 bridgehead atoms. The quantitative estimate of drug-likeness (QED) is 0.935. The van der Waals surface area contributed by atoms with Crippen molar-refractivity contribution in [1.29, 1.82) is 0 Å². The van der Waals surface area contributed by atoms with Crippen LogP contribution in [0.15, 0.2) is 24.3 Å². The van der Waals surface area contributed by atoms with Gasteiger partial charge in [-0.1, -0.05) is 18.6 Å². The molecule has 3 nitrogen and oxygen atoms in total. The molecule has 112 valence electrons. The van der Waals surface area contributed by atoms with Crippen molar-refractivity contribution in [2.24, 2.45) is 5.73 Å². The molecule has 2 heterocycles. The molecule has 2 aromatic rings. The molecular formula is C14H21Cl2N3S. The van der Waals surface area contributed by atoms with Crippen LogP contribution in [0.1, 0.15) is 24.3 Å². The summed E-state index contributed by atoms with van der Waals surface area (Å²) < 4.78 is 1.29. The van der Waals surface area contributed by atoms with Gasteiger partial charge in [0.15, 0.2) is 0 Å². The van der Waals surface area contributed by atoms with Crippen LogP contribution in [0.2, 0.25) is 0 Å². The second-order valence-corrected chi connectivity index (χ2v) is 6.05. The average Bonchev–Trinajstić information content (AvgIpc) is 2.81. The van der Waals surface area contributed by atoms with E-state index in [2.05, 4.69) is 29.2 Å². The molecule has 20 heavy (non-hydrogen) atoms. The molecule has 0 radical (unpaired) electrons. The van der Waals surface area contributed by atoms with Gasteiger partial charge in [-0.3, -0.25) is 4.90 Å². The van der Waals surface area contributed by atoms with Gasteiger partial charge in [-0.2, -0.15) is 0 Å². The lowest BCUT2D eigenvalue weighted by Crippen LogP contribution is -2.43. The predicted octanol–water partition coefficient (Wildman–Crippen LogP) is 3.45. The Kier molecular flexibility index (Phi) is 7.20. The van der Waals surface area contributed by atoms with Crippen LogP contribution in [0.4, 0.5) is 0 Å². The highest BCUT2D eigenvalue weighted by atomic mass is 35.5. The number of benzene rings is 1. The van der Waals surface area contributed by atoms with E-state index in [1.54, 1.807) is 0 Å². The average molecular weight is 334 g/mol. The predicted molar refractivity (Wildman–Crippen MR) is 91.2 cm³/mol. The molecule has 0 saturated carbocycles. The zero-order valence-corrected chi connectivity index (χ0v) is 13.8. The molecule has 0 aliphatic carbocycles. The molecule has 2 N–H and O–H groups in total. The van der Waals surface area contributed by atoms with Crippen molar-refractivity contribution in [3.05, 3.63) is 29.3 Å². The minimum atomic E-state index is 0. The second kappa shape index (κ2) is 8.15. The van der Waals surface area contributed by atoms with Crippen molar-refractivity contribution in [3.63, 3.8) is 0 Å². The standard InChI is InChI=1S/C14H19N3S.2ClH/c15-9-11-5-3-4-8-17(11)10-14-16-12-6-1-2-7-13(12)18-14;;/h1-2,6-7,11H,3-5,8-10,15H2;2*1H. The number of likely N-dealkylation sites (tertiary alicyclic amines) is 1. The smallest absolute Gasteiger partial charge is 0.108 e. The van der Waals surface area contributed by atoms with Gasteiger partial charge in [-0.15, -0.1) is 36.2 Å². The van der Waals surface area contributed by atoms with E-state index in [0.29, 0.717) is 6.04 Å². The summed E-state index contributed by atoms with van der Waals surface area (Å²) in [6, 6.07) is 8.91. The fourth-order valence-electron chi connectivity index (χ4n) is 2.70. The summed E-state index contributed by atoms with van der Waals surface area (Å²) in [5.74, 6) is 0. The summed E-state index contributed by atoms with van der Waals surface area (Å²) >= 11 is 1.81. The lowest BCUT2D eigenvalue weighted by molar-refractivity contribution is 0.145. The third-order valence-electron chi connectivity index (χ3n) is 3.70. The fourth-order valence-corrected chi connectivity index (χ4v) is 3.69. The molecule has 0 spiro atoms. The number of rotatable bonds is 3. The van der Waals surface area contributed by atoms with Gasteiger partial charge >= 0.3 is 0 Å². The highest BCUT2D eigenvalue weighted by Crippen LogP contribution is 2.25. The number of thiazole rings is 1. The first-order valence-corrected chi connectivity index (χ1v) is 7.47. The van der Waals surface area contributed by atoms with Crippen LogP contribution in [0, 0.1) is 0 Å². The van der Waals surface area contributed by atoms with E-state index in [9.17, 15) is 0 Å². The van der Waals surface area contributed by atoms with E-state index in [1.165, 1.54) is 29.0 Å². The maximum Gasteiger partial charge on any atom is 0.108 e. The Morgan fingerprint density at radius 2 is 2.05 bits per heavy atom. The van der Waals surface area contributed by atoms with Gasteiger partial charge in [0.25, 0.3) is 0 Å². The molecule has 1 unspecified atom stereocenters. The maximum absolute atomic E-state index is 5.86. The summed E-state index contributed by atoms with van der Waals surface area (Å²) in [6.45, 7) is 2.89. The van der Waals surface area contributed by atoms with Gasteiger partial charge < -0.3 is 5.73 Å². The minimum absolute atomic E-state index is 0. The van der Waals surface area contributed by atoms with E-state index in [4.69, 9.17) is 10.7 Å². The monoisotopic (exact) mass is 333 g/mol. The molecular weight excluding hydrogens is 313 g/mol. The van der Waals surface area contributed by atoms with Crippen LogP contribution in [-0.4, -0.2) is 29.0 Å². The second-order valence-electron chi connectivity index (χ2n) is 4.93. The zero-order chi connectivity index (χ0) is 12.4. The topological polar surface area (TPSA) is 42.1 Å². The summed E-state index contributed by atoms with van der Waals surface area (Å²) in [6.07, 6.45) is 3.85. The SMILES string of the molecule is Cl.Cl.NCC1CCCCN1Cc1nc2ccccc2s1. The minimum Gasteiger partial charge on any atom is -0.329 e. The summed E-state index contributed by atoms with van der Waals surface area (Å²) in [4.78, 5) is 7.21. The van der Waals surface area contributed by atoms with E-state index < -0.39 is 0 Å². The number of fused-ring (bicyclic) bond motifs is 1. The summed E-state index contributed by atoms with van der Waals surface area (Å²) in [5.41, 5.74) is 6.99. The first-order valence-electron chi connectivity index (χ1n) is 6.65. The highest BCUT2D eigenvalue weighted by molar-refractivity contribution is 7.18. The third kappa shape index (κ3) is 3.83. The first-order chi connectivity index (χ1) is 8.86. The van der Waals surface area contributed by atoms with Crippen LogP contribution in [0.5, 0.6) is 0 Å². The molecule has 1 saturated heterocycles. The molecule has 1 aliphatic rings. The molecule has 1 atom stereocenters. The molecule has 1 fully saturated rings. The Bertz CT molecular complexity index is 499. The van der Waals surface area contributed by atoms with Gasteiger partial charge in [-0.05, 0) is 31.5 Å². The van der Waals surface area contributed by atoms with Crippen LogP contribution in [-0.2, 0) is 6.54 Å². The zero-order valence-electron chi connectivity index (χ0n) is 11.3. The van der Waals surface area contributed by atoms with Crippen LogP contribution >= 0.6 is 36.2 Å². The lowest BCUT2D eigenvalue weighted by Gasteiger charge is -2.34. The summed E-state index contributed by atoms with van der Waals surface area (Å²) in [5, 5.41) is 1.22. The van der Waals surface area contributed by atoms with E-state index in [1.807, 2.05) is 11.3 Å². The van der Waals surface area contributed by atoms with Crippen molar-refractivity contribution < 1.29 is 0 Å². The maximum atomic E-state index is 5.86. The first kappa shape index (κ1) is 17.7. The number of nitrogens with two attached hydrogens (primary N) is 1. The van der Waals surface area contributed by atoms with Gasteiger partial charge in [-0.25, -0.2) is 4.98 Å². The Morgan fingerprint density at radius 1 is 1.25 bits per heavy atom. The number of hydrogen-bond donors (Lipinski definition) is 1. The van der Waals surface area contributed by atoms with Crippen molar-refractivity contribution in [2.75, 3.05) is 13.1 Å². The van der Waals surface area contributed by atoms with Crippen LogP contribution in [0.25, 0.3) is 10.2 Å².